The Labute approximate surface area is 97.8 Å². The summed E-state index contributed by atoms with van der Waals surface area (Å²) in [6, 6.07) is 0. The first kappa shape index (κ1) is 13.9. The molecule has 1 aromatic heterocycles. The number of nitrogens with two attached hydrogens (primary N) is 1. The van der Waals surface area contributed by atoms with E-state index in [1.165, 1.54) is 0 Å². The predicted molar refractivity (Wildman–Crippen MR) is 50.8 cm³/mol. The van der Waals surface area contributed by atoms with Crippen molar-refractivity contribution in [3.05, 3.63) is 17.0 Å². The van der Waals surface area contributed by atoms with Crippen LogP contribution in [0.1, 0.15) is 12.1 Å². The van der Waals surface area contributed by atoms with Crippen molar-refractivity contribution in [2.45, 2.75) is 24.9 Å². The summed E-state index contributed by atoms with van der Waals surface area (Å²) in [7, 11) is 0. The highest BCUT2D eigenvalue weighted by atomic mass is 35.5. The number of hydrogen-bond donors (Lipinski definition) is 1. The van der Waals surface area contributed by atoms with Gasteiger partial charge in [0.2, 0.25) is 0 Å². The highest BCUT2D eigenvalue weighted by Gasteiger charge is 2.56. The van der Waals surface area contributed by atoms with E-state index in [-0.39, 0.29) is 16.7 Å². The summed E-state index contributed by atoms with van der Waals surface area (Å²) in [4.78, 5) is 7.03. The molecule has 0 bridgehead atoms. The van der Waals surface area contributed by atoms with Gasteiger partial charge in [0.1, 0.15) is 11.0 Å². The van der Waals surface area contributed by atoms with Crippen LogP contribution in [0.2, 0.25) is 5.15 Å². The Morgan fingerprint density at radius 1 is 1.24 bits per heavy atom. The molecule has 0 aliphatic heterocycles. The third-order valence-corrected chi connectivity index (χ3v) is 2.12. The van der Waals surface area contributed by atoms with Crippen LogP contribution in [0.15, 0.2) is 6.20 Å². The van der Waals surface area contributed by atoms with Gasteiger partial charge in [-0.1, -0.05) is 11.6 Å². The van der Waals surface area contributed by atoms with Crippen molar-refractivity contribution in [1.82, 2.24) is 9.97 Å². The fourth-order valence-corrected chi connectivity index (χ4v) is 1.16. The molecule has 1 rings (SSSR count). The molecule has 0 amide bonds. The van der Waals surface area contributed by atoms with Gasteiger partial charge < -0.3 is 5.73 Å². The van der Waals surface area contributed by atoms with Gasteiger partial charge in [0.05, 0.1) is 11.9 Å². The second-order valence-electron chi connectivity index (χ2n) is 3.23. The number of nitrogens with zero attached hydrogens (tertiary/aromatic N) is 2. The molecule has 0 atom stereocenters. The minimum absolute atomic E-state index is 0.121. The Morgan fingerprint density at radius 3 is 2.35 bits per heavy atom. The van der Waals surface area contributed by atoms with Crippen LogP contribution in [-0.4, -0.2) is 22.1 Å². The summed E-state index contributed by atoms with van der Waals surface area (Å²) >= 11 is 5.42. The van der Waals surface area contributed by atoms with Crippen molar-refractivity contribution in [1.29, 1.82) is 0 Å². The summed E-state index contributed by atoms with van der Waals surface area (Å²) in [5.41, 5.74) is 5.09. The number of alkyl halides is 5. The first-order chi connectivity index (χ1) is 7.63. The van der Waals surface area contributed by atoms with Gasteiger partial charge in [-0.25, -0.2) is 9.97 Å². The van der Waals surface area contributed by atoms with Gasteiger partial charge in [-0.05, 0) is 6.42 Å². The number of aryl methyl sites for hydroxylation is 1. The Bertz CT molecular complexity index is 407. The monoisotopic (exact) mass is 275 g/mol. The van der Waals surface area contributed by atoms with Gasteiger partial charge in [0, 0.05) is 6.42 Å². The summed E-state index contributed by atoms with van der Waals surface area (Å²) in [5, 5.41) is -0.121. The molecule has 1 heterocycles. The van der Waals surface area contributed by atoms with Crippen LogP contribution >= 0.6 is 11.6 Å². The van der Waals surface area contributed by atoms with E-state index in [1.807, 2.05) is 0 Å². The number of nitrogen functional groups attached to an aromatic ring is 1. The molecule has 9 heteroatoms. The zero-order chi connectivity index (χ0) is 13.3. The zero-order valence-electron chi connectivity index (χ0n) is 8.23. The van der Waals surface area contributed by atoms with Gasteiger partial charge in [0.25, 0.3) is 0 Å². The fraction of sp³-hybridized carbons (Fsp3) is 0.500. The lowest BCUT2D eigenvalue weighted by Gasteiger charge is -2.19. The smallest absolute Gasteiger partial charge is 0.382 e. The van der Waals surface area contributed by atoms with E-state index in [2.05, 4.69) is 9.97 Å². The lowest BCUT2D eigenvalue weighted by atomic mass is 10.1. The lowest BCUT2D eigenvalue weighted by Crippen LogP contribution is -2.36. The number of anilines is 1. The van der Waals surface area contributed by atoms with E-state index in [4.69, 9.17) is 17.3 Å². The average molecular weight is 276 g/mol. The molecular formula is C8H7ClF5N3. The van der Waals surface area contributed by atoms with Crippen molar-refractivity contribution in [2.24, 2.45) is 0 Å². The topological polar surface area (TPSA) is 51.8 Å². The minimum Gasteiger partial charge on any atom is -0.382 e. The molecule has 0 saturated carbocycles. The van der Waals surface area contributed by atoms with E-state index in [9.17, 15) is 22.0 Å². The molecule has 0 fully saturated rings. The predicted octanol–water partition coefficient (Wildman–Crippen LogP) is 2.84. The van der Waals surface area contributed by atoms with E-state index < -0.39 is 24.9 Å². The number of rotatable bonds is 3. The Kier molecular flexibility index (Phi) is 3.75. The Morgan fingerprint density at radius 2 is 1.82 bits per heavy atom. The van der Waals surface area contributed by atoms with Crippen LogP contribution < -0.4 is 5.73 Å². The molecule has 0 spiro atoms. The van der Waals surface area contributed by atoms with E-state index in [1.54, 1.807) is 0 Å². The van der Waals surface area contributed by atoms with E-state index in [0.717, 1.165) is 6.20 Å². The maximum atomic E-state index is 12.6. The molecule has 2 N–H and O–H groups in total. The summed E-state index contributed by atoms with van der Waals surface area (Å²) in [6.07, 6.45) is -6.63. The molecule has 0 aromatic carbocycles. The average Bonchev–Trinajstić information content (AvgIpc) is 2.18. The quantitative estimate of drug-likeness (QED) is 0.863. The van der Waals surface area contributed by atoms with Crippen LogP contribution in [0.25, 0.3) is 0 Å². The van der Waals surface area contributed by atoms with Crippen molar-refractivity contribution in [3.8, 4) is 0 Å². The molecule has 0 aliphatic rings. The molecule has 1 aromatic rings. The zero-order valence-corrected chi connectivity index (χ0v) is 8.99. The van der Waals surface area contributed by atoms with Crippen molar-refractivity contribution in [3.63, 3.8) is 0 Å². The van der Waals surface area contributed by atoms with Crippen LogP contribution in [0, 0.1) is 0 Å². The molecule has 3 nitrogen and oxygen atoms in total. The lowest BCUT2D eigenvalue weighted by molar-refractivity contribution is -0.284. The van der Waals surface area contributed by atoms with Gasteiger partial charge >= 0.3 is 12.1 Å². The highest BCUT2D eigenvalue weighted by Crippen LogP contribution is 2.38. The largest absolute Gasteiger partial charge is 0.453 e. The Balaban J connectivity index is 2.77. The fourth-order valence-electron chi connectivity index (χ4n) is 1.01. The van der Waals surface area contributed by atoms with Crippen LogP contribution in [-0.2, 0) is 6.42 Å². The molecule has 96 valence electrons. The van der Waals surface area contributed by atoms with Crippen LogP contribution in [0.5, 0.6) is 0 Å². The van der Waals surface area contributed by atoms with Gasteiger partial charge in [-0.15, -0.1) is 0 Å². The maximum absolute atomic E-state index is 12.6. The third kappa shape index (κ3) is 3.39. The van der Waals surface area contributed by atoms with E-state index in [0.29, 0.717) is 0 Å². The van der Waals surface area contributed by atoms with E-state index >= 15 is 0 Å². The maximum Gasteiger partial charge on any atom is 0.453 e. The molecule has 0 aliphatic carbocycles. The Hall–Kier alpha value is -1.18. The van der Waals surface area contributed by atoms with Crippen molar-refractivity contribution < 1.29 is 22.0 Å². The number of hydrogen-bond acceptors (Lipinski definition) is 3. The summed E-state index contributed by atoms with van der Waals surface area (Å²) in [6.45, 7) is 0. The first-order valence-corrected chi connectivity index (χ1v) is 4.73. The molecule has 17 heavy (non-hydrogen) atoms. The van der Waals surface area contributed by atoms with Crippen molar-refractivity contribution >= 4 is 17.4 Å². The molecule has 0 saturated heterocycles. The van der Waals surface area contributed by atoms with Crippen LogP contribution in [0.3, 0.4) is 0 Å². The van der Waals surface area contributed by atoms with Crippen molar-refractivity contribution in [2.75, 3.05) is 5.73 Å². The molecular weight excluding hydrogens is 269 g/mol. The minimum atomic E-state index is -5.59. The third-order valence-electron chi connectivity index (χ3n) is 1.94. The highest BCUT2D eigenvalue weighted by molar-refractivity contribution is 6.29. The SMILES string of the molecule is Nc1ncc(Cl)nc1CCC(F)(F)C(F)(F)F. The second kappa shape index (κ2) is 4.59. The normalized spacial score (nSPS) is 12.8. The molecule has 0 radical (unpaired) electrons. The number of aromatic nitrogens is 2. The standard InChI is InChI=1S/C8H7ClF5N3/c9-5-3-16-6(15)4(17-5)1-2-7(10,11)8(12,13)14/h3H,1-2H2,(H2,15,16). The summed E-state index contributed by atoms with van der Waals surface area (Å²) < 4.78 is 60.8. The van der Waals surface area contributed by atoms with Gasteiger partial charge in [-0.3, -0.25) is 0 Å². The summed E-state index contributed by atoms with van der Waals surface area (Å²) in [5.74, 6) is -5.00. The van der Waals surface area contributed by atoms with Gasteiger partial charge in [-0.2, -0.15) is 22.0 Å². The first-order valence-electron chi connectivity index (χ1n) is 4.35. The number of halogens is 6. The van der Waals surface area contributed by atoms with Gasteiger partial charge in [0.15, 0.2) is 0 Å². The van der Waals surface area contributed by atoms with Crippen LogP contribution in [0.4, 0.5) is 27.8 Å². The second-order valence-corrected chi connectivity index (χ2v) is 3.61. The molecule has 0 unspecified atom stereocenters.